The van der Waals surface area contributed by atoms with Gasteiger partial charge in [0.2, 0.25) is 0 Å². The number of ketones is 1. The Morgan fingerprint density at radius 3 is 2.33 bits per heavy atom. The van der Waals surface area contributed by atoms with E-state index in [1.165, 1.54) is 12.1 Å². The predicted molar refractivity (Wildman–Crippen MR) is 119 cm³/mol. The minimum atomic E-state index is -0.0304. The summed E-state index contributed by atoms with van der Waals surface area (Å²) in [7, 11) is 1.78. The van der Waals surface area contributed by atoms with Crippen LogP contribution in [-0.2, 0) is 6.54 Å². The Bertz CT molecular complexity index is 869. The summed E-state index contributed by atoms with van der Waals surface area (Å²) in [6.45, 7) is 6.83. The van der Waals surface area contributed by atoms with Gasteiger partial charge in [0, 0.05) is 70.2 Å². The maximum Gasteiger partial charge on any atom is 0.270 e. The number of hydrogen-bond acceptors (Lipinski definition) is 4. The first-order chi connectivity index (χ1) is 14.6. The molecule has 1 aromatic carbocycles. The van der Waals surface area contributed by atoms with E-state index in [4.69, 9.17) is 0 Å². The van der Waals surface area contributed by atoms with Crippen LogP contribution >= 0.6 is 0 Å². The van der Waals surface area contributed by atoms with Gasteiger partial charge in [-0.25, -0.2) is 0 Å². The first kappa shape index (κ1) is 20.7. The predicted octanol–water partition coefficient (Wildman–Crippen LogP) is 3.14. The lowest BCUT2D eigenvalue weighted by Crippen LogP contribution is -2.46. The smallest absolute Gasteiger partial charge is 0.270 e. The number of hydrogen-bond donors (Lipinski definition) is 0. The lowest BCUT2D eigenvalue weighted by molar-refractivity contribution is 0.0787. The lowest BCUT2D eigenvalue weighted by atomic mass is 10.1. The van der Waals surface area contributed by atoms with Gasteiger partial charge in [0.25, 0.3) is 5.91 Å². The number of aryl methyl sites for hydroxylation is 1. The molecule has 1 aromatic heterocycles. The first-order valence-corrected chi connectivity index (χ1v) is 11.1. The van der Waals surface area contributed by atoms with Crippen LogP contribution in [0.4, 0.5) is 5.69 Å². The van der Waals surface area contributed by atoms with E-state index in [9.17, 15) is 9.59 Å². The number of aromatic nitrogens is 1. The molecule has 1 amide bonds. The molecule has 4 rings (SSSR count). The summed E-state index contributed by atoms with van der Waals surface area (Å²) in [5.74, 6) is 0.0493. The Labute approximate surface area is 179 Å². The van der Waals surface area contributed by atoms with Gasteiger partial charge in [-0.1, -0.05) is 24.6 Å². The topological polar surface area (TPSA) is 48.8 Å². The number of para-hydroxylation sites is 1. The quantitative estimate of drug-likeness (QED) is 0.661. The van der Waals surface area contributed by atoms with Crippen molar-refractivity contribution in [2.45, 2.75) is 32.2 Å². The van der Waals surface area contributed by atoms with Crippen LogP contribution in [0.3, 0.4) is 0 Å². The van der Waals surface area contributed by atoms with Crippen molar-refractivity contribution in [3.05, 3.63) is 53.9 Å². The largest absolute Gasteiger partial charge is 0.369 e. The zero-order valence-corrected chi connectivity index (χ0v) is 17.9. The molecule has 1 saturated heterocycles. The fourth-order valence-corrected chi connectivity index (χ4v) is 4.47. The van der Waals surface area contributed by atoms with Gasteiger partial charge in [-0.2, -0.15) is 0 Å². The third-order valence-corrected chi connectivity index (χ3v) is 6.35. The second kappa shape index (κ2) is 9.47. The maximum absolute atomic E-state index is 12.6. The van der Waals surface area contributed by atoms with Crippen molar-refractivity contribution in [2.75, 3.05) is 51.2 Å². The van der Waals surface area contributed by atoms with Crippen LogP contribution in [0.25, 0.3) is 0 Å². The molecule has 160 valence electrons. The Hall–Kier alpha value is -2.60. The highest BCUT2D eigenvalue weighted by molar-refractivity contribution is 6.08. The summed E-state index contributed by atoms with van der Waals surface area (Å²) in [6, 6.07) is 12.5. The van der Waals surface area contributed by atoms with Gasteiger partial charge in [0.15, 0.2) is 5.78 Å². The van der Waals surface area contributed by atoms with Crippen LogP contribution < -0.4 is 4.90 Å². The van der Waals surface area contributed by atoms with Crippen LogP contribution in [0, 0.1) is 0 Å². The van der Waals surface area contributed by atoms with Crippen molar-refractivity contribution >= 4 is 17.4 Å². The average Bonchev–Trinajstić information content (AvgIpc) is 3.17. The molecule has 0 unspecified atom stereocenters. The van der Waals surface area contributed by atoms with Gasteiger partial charge in [-0.15, -0.1) is 0 Å². The summed E-state index contributed by atoms with van der Waals surface area (Å²) < 4.78 is 1.98. The number of rotatable bonds is 7. The number of fused-ring (bicyclic) bond motifs is 1. The van der Waals surface area contributed by atoms with Gasteiger partial charge < -0.3 is 14.4 Å². The van der Waals surface area contributed by atoms with Gasteiger partial charge in [0.1, 0.15) is 5.69 Å². The number of unbranched alkanes of at least 4 members (excludes halogenated alkanes) is 2. The molecule has 0 radical (unpaired) electrons. The fraction of sp³-hybridized carbons (Fsp3) is 0.500. The molecule has 0 aliphatic carbocycles. The standard InChI is InChI=1S/C24H32N4O2/c1-25-14-11-22(29)21-10-15-28(23(21)24(25)30)13-7-3-6-12-26-16-18-27(19-17-26)20-8-4-2-5-9-20/h2,4-5,8-10,15H,3,6-7,11-14,16-19H2,1H3. The van der Waals surface area contributed by atoms with Crippen LogP contribution in [0.15, 0.2) is 42.6 Å². The molecule has 0 atom stereocenters. The monoisotopic (exact) mass is 408 g/mol. The Morgan fingerprint density at radius 2 is 1.57 bits per heavy atom. The molecule has 30 heavy (non-hydrogen) atoms. The van der Waals surface area contributed by atoms with E-state index in [0.29, 0.717) is 24.2 Å². The zero-order chi connectivity index (χ0) is 20.9. The van der Waals surface area contributed by atoms with Crippen molar-refractivity contribution in [3.8, 4) is 0 Å². The Morgan fingerprint density at radius 1 is 0.833 bits per heavy atom. The van der Waals surface area contributed by atoms with Crippen molar-refractivity contribution in [2.24, 2.45) is 0 Å². The minimum Gasteiger partial charge on any atom is -0.369 e. The molecule has 2 aliphatic rings. The molecule has 1 fully saturated rings. The van der Waals surface area contributed by atoms with E-state index >= 15 is 0 Å². The summed E-state index contributed by atoms with van der Waals surface area (Å²) in [5.41, 5.74) is 2.50. The summed E-state index contributed by atoms with van der Waals surface area (Å²) >= 11 is 0. The van der Waals surface area contributed by atoms with Crippen molar-refractivity contribution < 1.29 is 9.59 Å². The highest BCUT2D eigenvalue weighted by Gasteiger charge is 2.28. The third kappa shape index (κ3) is 4.59. The van der Waals surface area contributed by atoms with Gasteiger partial charge in [-0.05, 0) is 37.6 Å². The molecule has 6 heteroatoms. The molecule has 0 N–H and O–H groups in total. The average molecular weight is 409 g/mol. The number of nitrogens with zero attached hydrogens (tertiary/aromatic N) is 4. The summed E-state index contributed by atoms with van der Waals surface area (Å²) in [4.78, 5) is 31.6. The van der Waals surface area contributed by atoms with Gasteiger partial charge in [-0.3, -0.25) is 14.5 Å². The Balaban J connectivity index is 1.20. The normalized spacial score (nSPS) is 17.9. The highest BCUT2D eigenvalue weighted by atomic mass is 16.2. The van der Waals surface area contributed by atoms with Crippen LogP contribution in [0.2, 0.25) is 0 Å². The SMILES string of the molecule is CN1CCC(=O)c2ccn(CCCCCN3CCN(c4ccccc4)CC3)c2C1=O. The number of carbonyl (C=O) groups excluding carboxylic acids is 2. The molecular formula is C24H32N4O2. The molecule has 0 spiro atoms. The number of Topliss-reactive ketones (excluding diaryl/α,β-unsaturated/α-hetero) is 1. The maximum atomic E-state index is 12.6. The molecule has 0 bridgehead atoms. The third-order valence-electron chi connectivity index (χ3n) is 6.35. The zero-order valence-electron chi connectivity index (χ0n) is 17.9. The fourth-order valence-electron chi connectivity index (χ4n) is 4.47. The molecule has 2 aliphatic heterocycles. The minimum absolute atomic E-state index is 0.0304. The molecule has 3 heterocycles. The lowest BCUT2D eigenvalue weighted by Gasteiger charge is -2.36. The summed E-state index contributed by atoms with van der Waals surface area (Å²) in [5, 5.41) is 0. The number of benzene rings is 1. The highest BCUT2D eigenvalue weighted by Crippen LogP contribution is 2.20. The van der Waals surface area contributed by atoms with E-state index in [1.54, 1.807) is 11.9 Å². The molecule has 0 saturated carbocycles. The van der Waals surface area contributed by atoms with E-state index in [2.05, 4.69) is 40.1 Å². The first-order valence-electron chi connectivity index (χ1n) is 11.1. The van der Waals surface area contributed by atoms with E-state index in [0.717, 1.165) is 52.1 Å². The van der Waals surface area contributed by atoms with E-state index in [1.807, 2.05) is 16.8 Å². The number of piperazine rings is 1. The van der Waals surface area contributed by atoms with E-state index in [-0.39, 0.29) is 11.7 Å². The number of amides is 1. The van der Waals surface area contributed by atoms with Crippen molar-refractivity contribution in [3.63, 3.8) is 0 Å². The van der Waals surface area contributed by atoms with E-state index < -0.39 is 0 Å². The van der Waals surface area contributed by atoms with Crippen molar-refractivity contribution in [1.82, 2.24) is 14.4 Å². The van der Waals surface area contributed by atoms with Crippen LogP contribution in [-0.4, -0.2) is 72.4 Å². The molecule has 2 aromatic rings. The van der Waals surface area contributed by atoms with Gasteiger partial charge >= 0.3 is 0 Å². The Kier molecular flexibility index (Phi) is 6.53. The molecular weight excluding hydrogens is 376 g/mol. The second-order valence-corrected chi connectivity index (χ2v) is 8.40. The van der Waals surface area contributed by atoms with Crippen molar-refractivity contribution in [1.29, 1.82) is 0 Å². The summed E-state index contributed by atoms with van der Waals surface area (Å²) in [6.07, 6.45) is 5.64. The number of carbonyl (C=O) groups is 2. The van der Waals surface area contributed by atoms with Gasteiger partial charge in [0.05, 0.1) is 0 Å². The molecule has 6 nitrogen and oxygen atoms in total. The van der Waals surface area contributed by atoms with Crippen LogP contribution in [0.5, 0.6) is 0 Å². The number of anilines is 1. The second-order valence-electron chi connectivity index (χ2n) is 8.40. The van der Waals surface area contributed by atoms with Crippen LogP contribution in [0.1, 0.15) is 46.5 Å².